The number of benzene rings is 1. The zero-order valence-electron chi connectivity index (χ0n) is 14.0. The van der Waals surface area contributed by atoms with Crippen LogP contribution in [0.5, 0.6) is 0 Å². The number of anilines is 1. The highest BCUT2D eigenvalue weighted by Gasteiger charge is 2.29. The van der Waals surface area contributed by atoms with Gasteiger partial charge in [-0.15, -0.1) is 0 Å². The smallest absolute Gasteiger partial charge is 0.249 e. The summed E-state index contributed by atoms with van der Waals surface area (Å²) in [4.78, 5) is 31.2. The van der Waals surface area contributed by atoms with Gasteiger partial charge in [-0.2, -0.15) is 0 Å². The van der Waals surface area contributed by atoms with E-state index >= 15 is 0 Å². The number of aliphatic imine (C=N–C) groups is 1. The van der Waals surface area contributed by atoms with Gasteiger partial charge in [-0.05, 0) is 37.3 Å². The Morgan fingerprint density at radius 2 is 2.04 bits per heavy atom. The van der Waals surface area contributed by atoms with Crippen molar-refractivity contribution >= 4 is 23.5 Å². The molecule has 1 saturated heterocycles. The number of rotatable bonds is 3. The van der Waals surface area contributed by atoms with Crippen LogP contribution in [0.4, 0.5) is 5.69 Å². The quantitative estimate of drug-likeness (QED) is 0.890. The Balaban J connectivity index is 1.74. The highest BCUT2D eigenvalue weighted by Crippen LogP contribution is 2.18. The van der Waals surface area contributed by atoms with E-state index in [0.29, 0.717) is 5.96 Å². The van der Waals surface area contributed by atoms with Crippen LogP contribution in [0.2, 0.25) is 0 Å². The largest absolute Gasteiger partial charge is 0.343 e. The van der Waals surface area contributed by atoms with Gasteiger partial charge in [-0.25, -0.2) is 4.99 Å². The minimum atomic E-state index is -0.666. The molecule has 24 heavy (non-hydrogen) atoms. The zero-order chi connectivity index (χ0) is 16.9. The number of nitrogens with one attached hydrogen (secondary N) is 2. The molecule has 2 heterocycles. The Labute approximate surface area is 142 Å². The lowest BCUT2D eigenvalue weighted by Gasteiger charge is -2.32. The number of amides is 2. The van der Waals surface area contributed by atoms with Crippen molar-refractivity contribution in [1.82, 2.24) is 10.2 Å². The number of piperidine rings is 1. The van der Waals surface area contributed by atoms with Gasteiger partial charge in [0.1, 0.15) is 6.04 Å². The summed E-state index contributed by atoms with van der Waals surface area (Å²) in [6, 6.07) is 7.06. The van der Waals surface area contributed by atoms with Crippen molar-refractivity contribution in [3.05, 3.63) is 29.8 Å². The Bertz CT molecular complexity index is 650. The fourth-order valence-corrected chi connectivity index (χ4v) is 3.16. The summed E-state index contributed by atoms with van der Waals surface area (Å²) in [5.41, 5.74) is 1.87. The van der Waals surface area contributed by atoms with Gasteiger partial charge >= 0.3 is 0 Å². The molecule has 6 nitrogen and oxygen atoms in total. The first-order valence-electron chi connectivity index (χ1n) is 8.68. The van der Waals surface area contributed by atoms with Crippen LogP contribution in [0.3, 0.4) is 0 Å². The van der Waals surface area contributed by atoms with Crippen LogP contribution in [0.1, 0.15) is 38.2 Å². The van der Waals surface area contributed by atoms with Crippen LogP contribution in [0.25, 0.3) is 0 Å². The lowest BCUT2D eigenvalue weighted by atomic mass is 10.1. The average molecular weight is 328 g/mol. The molecule has 1 aromatic carbocycles. The van der Waals surface area contributed by atoms with Crippen molar-refractivity contribution in [1.29, 1.82) is 0 Å². The molecule has 2 amide bonds. The molecule has 0 unspecified atom stereocenters. The predicted molar refractivity (Wildman–Crippen MR) is 93.9 cm³/mol. The van der Waals surface area contributed by atoms with Gasteiger partial charge in [0.25, 0.3) is 0 Å². The molecule has 1 atom stereocenters. The molecule has 0 radical (unpaired) electrons. The van der Waals surface area contributed by atoms with Gasteiger partial charge < -0.3 is 10.2 Å². The summed E-state index contributed by atoms with van der Waals surface area (Å²) in [6.07, 6.45) is 4.32. The Hall–Kier alpha value is -2.37. The summed E-state index contributed by atoms with van der Waals surface area (Å²) in [6.45, 7) is 3.81. The van der Waals surface area contributed by atoms with Crippen molar-refractivity contribution < 1.29 is 9.59 Å². The maximum absolute atomic E-state index is 12.6. The topological polar surface area (TPSA) is 73.8 Å². The lowest BCUT2D eigenvalue weighted by Crippen LogP contribution is -2.51. The normalized spacial score (nSPS) is 21.0. The van der Waals surface area contributed by atoms with Crippen LogP contribution in [-0.2, 0) is 16.0 Å². The van der Waals surface area contributed by atoms with Crippen molar-refractivity contribution in [2.45, 2.75) is 45.1 Å². The monoisotopic (exact) mass is 328 g/mol. The van der Waals surface area contributed by atoms with Gasteiger partial charge in [0.15, 0.2) is 0 Å². The number of nitrogens with zero attached hydrogens (tertiary/aromatic N) is 2. The molecule has 2 aliphatic heterocycles. The molecule has 0 aliphatic carbocycles. The molecule has 0 aromatic heterocycles. The minimum absolute atomic E-state index is 0.0947. The van der Waals surface area contributed by atoms with Crippen LogP contribution in [0.15, 0.2) is 29.3 Å². The Morgan fingerprint density at radius 1 is 1.29 bits per heavy atom. The van der Waals surface area contributed by atoms with Crippen molar-refractivity contribution in [2.24, 2.45) is 4.99 Å². The standard InChI is InChI=1S/C18H24N4O2/c1-2-13-8-4-5-9-14(13)19-17(24)15-12-16(23)21-18(20-15)22-10-6-3-7-11-22/h4-5,8-9,15H,2-3,6-7,10-12H2,1H3,(H,19,24)(H,20,21,23)/t15-/m1/s1. The summed E-state index contributed by atoms with van der Waals surface area (Å²) in [7, 11) is 0. The summed E-state index contributed by atoms with van der Waals surface area (Å²) in [5.74, 6) is 0.185. The van der Waals surface area contributed by atoms with E-state index in [1.807, 2.05) is 31.2 Å². The van der Waals surface area contributed by atoms with E-state index in [2.05, 4.69) is 20.5 Å². The first-order valence-corrected chi connectivity index (χ1v) is 8.68. The number of hydrogen-bond donors (Lipinski definition) is 2. The summed E-state index contributed by atoms with van der Waals surface area (Å²) in [5, 5.41) is 5.74. The van der Waals surface area contributed by atoms with Gasteiger partial charge in [0.2, 0.25) is 17.8 Å². The fourth-order valence-electron chi connectivity index (χ4n) is 3.16. The van der Waals surface area contributed by atoms with Crippen molar-refractivity contribution in [3.63, 3.8) is 0 Å². The molecule has 6 heteroatoms. The third kappa shape index (κ3) is 3.75. The van der Waals surface area contributed by atoms with Crippen LogP contribution in [-0.4, -0.2) is 41.8 Å². The molecule has 3 rings (SSSR count). The first kappa shape index (κ1) is 16.5. The average Bonchev–Trinajstić information content (AvgIpc) is 2.62. The Kier molecular flexibility index (Phi) is 5.13. The molecule has 1 fully saturated rings. The second-order valence-corrected chi connectivity index (χ2v) is 6.27. The maximum Gasteiger partial charge on any atom is 0.249 e. The lowest BCUT2D eigenvalue weighted by molar-refractivity contribution is -0.125. The van der Waals surface area contributed by atoms with E-state index in [-0.39, 0.29) is 18.2 Å². The van der Waals surface area contributed by atoms with E-state index in [9.17, 15) is 9.59 Å². The molecular formula is C18H24N4O2. The number of likely N-dealkylation sites (tertiary alicyclic amines) is 1. The van der Waals surface area contributed by atoms with E-state index in [1.165, 1.54) is 6.42 Å². The zero-order valence-corrected chi connectivity index (χ0v) is 14.0. The van der Waals surface area contributed by atoms with Gasteiger partial charge in [0, 0.05) is 18.8 Å². The number of guanidine groups is 1. The molecule has 0 saturated carbocycles. The van der Waals surface area contributed by atoms with Crippen molar-refractivity contribution in [2.75, 3.05) is 18.4 Å². The predicted octanol–water partition coefficient (Wildman–Crippen LogP) is 1.92. The van der Waals surface area contributed by atoms with E-state index < -0.39 is 6.04 Å². The first-order chi connectivity index (χ1) is 11.7. The molecule has 2 N–H and O–H groups in total. The molecule has 128 valence electrons. The molecular weight excluding hydrogens is 304 g/mol. The minimum Gasteiger partial charge on any atom is -0.343 e. The second-order valence-electron chi connectivity index (χ2n) is 6.27. The van der Waals surface area contributed by atoms with Gasteiger partial charge in [-0.1, -0.05) is 25.1 Å². The molecule has 0 spiro atoms. The number of carbonyl (C=O) groups excluding carboxylic acids is 2. The number of hydrogen-bond acceptors (Lipinski definition) is 4. The molecule has 0 bridgehead atoms. The fraction of sp³-hybridized carbons (Fsp3) is 0.500. The number of aryl methyl sites for hydroxylation is 1. The van der Waals surface area contributed by atoms with Crippen LogP contribution < -0.4 is 10.6 Å². The van der Waals surface area contributed by atoms with E-state index in [4.69, 9.17) is 0 Å². The summed E-state index contributed by atoms with van der Waals surface area (Å²) >= 11 is 0. The van der Waals surface area contributed by atoms with Gasteiger partial charge in [0.05, 0.1) is 6.42 Å². The summed E-state index contributed by atoms with van der Waals surface area (Å²) < 4.78 is 0. The SMILES string of the molecule is CCc1ccccc1NC(=O)[C@H]1CC(=O)NC(N2CCCCC2)=N1. The van der Waals surface area contributed by atoms with Crippen LogP contribution in [0, 0.1) is 0 Å². The van der Waals surface area contributed by atoms with Crippen LogP contribution >= 0.6 is 0 Å². The second kappa shape index (κ2) is 7.47. The third-order valence-electron chi connectivity index (χ3n) is 4.52. The van der Waals surface area contributed by atoms with E-state index in [1.54, 1.807) is 0 Å². The highest BCUT2D eigenvalue weighted by atomic mass is 16.2. The highest BCUT2D eigenvalue weighted by molar-refractivity contribution is 6.06. The van der Waals surface area contributed by atoms with Crippen molar-refractivity contribution in [3.8, 4) is 0 Å². The molecule has 2 aliphatic rings. The van der Waals surface area contributed by atoms with Gasteiger partial charge in [-0.3, -0.25) is 14.9 Å². The maximum atomic E-state index is 12.6. The third-order valence-corrected chi connectivity index (χ3v) is 4.52. The van der Waals surface area contributed by atoms with E-state index in [0.717, 1.165) is 43.6 Å². The molecule has 1 aromatic rings. The Morgan fingerprint density at radius 3 is 2.79 bits per heavy atom. The number of carbonyl (C=O) groups is 2. The number of para-hydroxylation sites is 1.